The number of nitrogens with one attached hydrogen (secondary N) is 1. The summed E-state index contributed by atoms with van der Waals surface area (Å²) in [7, 11) is 1.55. The summed E-state index contributed by atoms with van der Waals surface area (Å²) in [6.45, 7) is 5.72. The molecule has 0 aliphatic carbocycles. The first-order chi connectivity index (χ1) is 11.5. The first-order valence-electron chi connectivity index (χ1n) is 7.84. The molecule has 1 atom stereocenters. The third kappa shape index (κ3) is 4.97. The first-order valence-corrected chi connectivity index (χ1v) is 7.84. The fourth-order valence-corrected chi connectivity index (χ4v) is 2.26. The average molecular weight is 333 g/mol. The number of amides is 1. The Morgan fingerprint density at radius 2 is 1.96 bits per heavy atom. The van der Waals surface area contributed by atoms with Gasteiger partial charge in [-0.25, -0.2) is 0 Å². The van der Waals surface area contributed by atoms with Crippen LogP contribution in [0, 0.1) is 12.8 Å². The van der Waals surface area contributed by atoms with Crippen molar-refractivity contribution in [3.63, 3.8) is 0 Å². The van der Waals surface area contributed by atoms with Crippen LogP contribution in [0.5, 0.6) is 11.5 Å². The van der Waals surface area contributed by atoms with Crippen molar-refractivity contribution < 1.29 is 18.7 Å². The maximum atomic E-state index is 12.2. The van der Waals surface area contributed by atoms with Gasteiger partial charge < -0.3 is 19.2 Å². The number of hydrogen-bond donors (Lipinski definition) is 1. The molecule has 0 bridgehead atoms. The highest BCUT2D eigenvalue weighted by atomic mass is 16.5. The van der Waals surface area contributed by atoms with Gasteiger partial charge in [0.05, 0.1) is 7.11 Å². The Hall–Kier alpha value is -2.57. The maximum absolute atomic E-state index is 12.2. The summed E-state index contributed by atoms with van der Waals surface area (Å²) in [6, 6.07) is 6.84. The van der Waals surface area contributed by atoms with Gasteiger partial charge in [-0.05, 0) is 24.5 Å². The fourth-order valence-electron chi connectivity index (χ4n) is 2.26. The van der Waals surface area contributed by atoms with Crippen molar-refractivity contribution in [1.82, 2.24) is 15.5 Å². The lowest BCUT2D eigenvalue weighted by molar-refractivity contribution is -0.124. The van der Waals surface area contributed by atoms with Crippen molar-refractivity contribution in [2.45, 2.75) is 33.2 Å². The summed E-state index contributed by atoms with van der Waals surface area (Å²) in [5.41, 5.74) is 0. The molecule has 1 N–H and O–H groups in total. The van der Waals surface area contributed by atoms with Crippen LogP contribution in [0.15, 0.2) is 28.7 Å². The first kappa shape index (κ1) is 17.8. The third-order valence-electron chi connectivity index (χ3n) is 3.31. The normalized spacial score (nSPS) is 12.0. The molecule has 7 heteroatoms. The summed E-state index contributed by atoms with van der Waals surface area (Å²) < 4.78 is 16.2. The Labute approximate surface area is 141 Å². The number of rotatable bonds is 8. The molecule has 1 aromatic carbocycles. The number of aromatic nitrogens is 2. The van der Waals surface area contributed by atoms with E-state index in [0.29, 0.717) is 35.6 Å². The van der Waals surface area contributed by atoms with Crippen LogP contribution in [0.3, 0.4) is 0 Å². The van der Waals surface area contributed by atoms with E-state index in [1.54, 1.807) is 26.2 Å². The van der Waals surface area contributed by atoms with Crippen LogP contribution < -0.4 is 14.8 Å². The Bertz CT molecular complexity index is 669. The predicted octanol–water partition coefficient (Wildman–Crippen LogP) is 2.67. The molecule has 1 heterocycles. The van der Waals surface area contributed by atoms with Gasteiger partial charge in [0.25, 0.3) is 5.91 Å². The minimum Gasteiger partial charge on any atom is -0.493 e. The van der Waals surface area contributed by atoms with Gasteiger partial charge in [0.15, 0.2) is 18.1 Å². The van der Waals surface area contributed by atoms with Crippen molar-refractivity contribution in [3.05, 3.63) is 36.0 Å². The average Bonchev–Trinajstić information content (AvgIpc) is 2.98. The Morgan fingerprint density at radius 3 is 2.54 bits per heavy atom. The highest BCUT2D eigenvalue weighted by Gasteiger charge is 2.22. The zero-order chi connectivity index (χ0) is 17.5. The molecule has 24 heavy (non-hydrogen) atoms. The van der Waals surface area contributed by atoms with Crippen LogP contribution in [0.2, 0.25) is 0 Å². The zero-order valence-electron chi connectivity index (χ0n) is 14.4. The topological polar surface area (TPSA) is 86.5 Å². The monoisotopic (exact) mass is 333 g/mol. The number of ether oxygens (including phenoxy) is 2. The lowest BCUT2D eigenvalue weighted by atomic mass is 10.0. The second-order valence-electron chi connectivity index (χ2n) is 5.85. The molecule has 2 rings (SSSR count). The van der Waals surface area contributed by atoms with Gasteiger partial charge in [0.2, 0.25) is 11.8 Å². The van der Waals surface area contributed by atoms with E-state index in [0.717, 1.165) is 0 Å². The van der Waals surface area contributed by atoms with Gasteiger partial charge in [-0.3, -0.25) is 4.79 Å². The molecule has 0 aliphatic heterocycles. The summed E-state index contributed by atoms with van der Waals surface area (Å²) in [6.07, 6.45) is 0.696. The minimum atomic E-state index is -0.333. The lowest BCUT2D eigenvalue weighted by Crippen LogP contribution is -2.33. The van der Waals surface area contributed by atoms with E-state index in [2.05, 4.69) is 29.4 Å². The van der Waals surface area contributed by atoms with E-state index in [1.165, 1.54) is 0 Å². The number of aryl methyl sites for hydroxylation is 1. The molecular formula is C17H23N3O4. The zero-order valence-corrected chi connectivity index (χ0v) is 14.4. The molecule has 2 aromatic rings. The van der Waals surface area contributed by atoms with Gasteiger partial charge in [-0.1, -0.05) is 26.0 Å². The van der Waals surface area contributed by atoms with Gasteiger partial charge in [0.1, 0.15) is 6.04 Å². The summed E-state index contributed by atoms with van der Waals surface area (Å²) in [5.74, 6) is 2.07. The largest absolute Gasteiger partial charge is 0.493 e. The molecule has 0 aliphatic rings. The lowest BCUT2D eigenvalue weighted by Gasteiger charge is -2.17. The molecule has 1 unspecified atom stereocenters. The minimum absolute atomic E-state index is 0.123. The van der Waals surface area contributed by atoms with Crippen LogP contribution in [0.1, 0.15) is 38.1 Å². The molecule has 0 saturated heterocycles. The van der Waals surface area contributed by atoms with Gasteiger partial charge in [-0.2, -0.15) is 0 Å². The van der Waals surface area contributed by atoms with Crippen LogP contribution in [-0.4, -0.2) is 29.8 Å². The van der Waals surface area contributed by atoms with E-state index < -0.39 is 0 Å². The van der Waals surface area contributed by atoms with Gasteiger partial charge >= 0.3 is 0 Å². The summed E-state index contributed by atoms with van der Waals surface area (Å²) >= 11 is 0. The van der Waals surface area contributed by atoms with Crippen molar-refractivity contribution in [2.75, 3.05) is 13.7 Å². The van der Waals surface area contributed by atoms with Crippen LogP contribution in [-0.2, 0) is 4.79 Å². The fraction of sp³-hybridized carbons (Fsp3) is 0.471. The highest BCUT2D eigenvalue weighted by Crippen LogP contribution is 2.25. The smallest absolute Gasteiger partial charge is 0.258 e. The number of para-hydroxylation sites is 2. The molecule has 1 amide bonds. The molecule has 1 aromatic heterocycles. The number of hydrogen-bond acceptors (Lipinski definition) is 6. The van der Waals surface area contributed by atoms with Crippen molar-refractivity contribution in [2.24, 2.45) is 5.92 Å². The Kier molecular flexibility index (Phi) is 6.17. The van der Waals surface area contributed by atoms with Crippen molar-refractivity contribution in [1.29, 1.82) is 0 Å². The standard InChI is InChI=1S/C17H23N3O4/c1-11(2)9-13(17-20-19-12(3)24-17)18-16(21)10-23-15-8-6-5-7-14(15)22-4/h5-8,11,13H,9-10H2,1-4H3,(H,18,21). The summed E-state index contributed by atoms with van der Waals surface area (Å²) in [4.78, 5) is 12.2. The quantitative estimate of drug-likeness (QED) is 0.799. The molecule has 7 nitrogen and oxygen atoms in total. The molecule has 0 fully saturated rings. The number of carbonyl (C=O) groups excluding carboxylic acids is 1. The molecule has 0 radical (unpaired) electrons. The number of nitrogens with zero attached hydrogens (tertiary/aromatic N) is 2. The second kappa shape index (κ2) is 8.33. The highest BCUT2D eigenvalue weighted by molar-refractivity contribution is 5.78. The summed E-state index contributed by atoms with van der Waals surface area (Å²) in [5, 5.41) is 10.7. The predicted molar refractivity (Wildman–Crippen MR) is 87.9 cm³/mol. The van der Waals surface area contributed by atoms with Crippen molar-refractivity contribution >= 4 is 5.91 Å². The van der Waals surface area contributed by atoms with E-state index in [9.17, 15) is 4.79 Å². The molecular weight excluding hydrogens is 310 g/mol. The third-order valence-corrected chi connectivity index (χ3v) is 3.31. The Morgan fingerprint density at radius 1 is 1.25 bits per heavy atom. The van der Waals surface area contributed by atoms with E-state index in [4.69, 9.17) is 13.9 Å². The molecule has 130 valence electrons. The van der Waals surface area contributed by atoms with E-state index >= 15 is 0 Å². The van der Waals surface area contributed by atoms with Crippen molar-refractivity contribution in [3.8, 4) is 11.5 Å². The number of methoxy groups -OCH3 is 1. The van der Waals surface area contributed by atoms with Gasteiger partial charge in [-0.15, -0.1) is 10.2 Å². The van der Waals surface area contributed by atoms with Crippen LogP contribution in [0.25, 0.3) is 0 Å². The van der Waals surface area contributed by atoms with E-state index in [1.807, 2.05) is 12.1 Å². The number of benzene rings is 1. The Balaban J connectivity index is 1.97. The SMILES string of the molecule is COc1ccccc1OCC(=O)NC(CC(C)C)c1nnc(C)o1. The second-order valence-corrected chi connectivity index (χ2v) is 5.85. The van der Waals surface area contributed by atoms with Crippen LogP contribution >= 0.6 is 0 Å². The number of carbonyl (C=O) groups is 1. The van der Waals surface area contributed by atoms with Gasteiger partial charge in [0, 0.05) is 6.92 Å². The molecule has 0 spiro atoms. The van der Waals surface area contributed by atoms with E-state index in [-0.39, 0.29) is 18.6 Å². The maximum Gasteiger partial charge on any atom is 0.258 e. The molecule has 0 saturated carbocycles. The van der Waals surface area contributed by atoms with Crippen LogP contribution in [0.4, 0.5) is 0 Å².